The summed E-state index contributed by atoms with van der Waals surface area (Å²) >= 11 is 0. The van der Waals surface area contributed by atoms with Gasteiger partial charge in [0, 0.05) is 25.2 Å². The summed E-state index contributed by atoms with van der Waals surface area (Å²) in [6.45, 7) is 7.14. The maximum absolute atomic E-state index is 13.4. The van der Waals surface area contributed by atoms with Gasteiger partial charge in [-0.25, -0.2) is 9.38 Å². The normalized spacial score (nSPS) is 11.6. The number of hydrogen-bond acceptors (Lipinski definition) is 3. The van der Waals surface area contributed by atoms with Gasteiger partial charge in [0.05, 0.1) is 6.54 Å². The first kappa shape index (κ1) is 21.7. The first-order chi connectivity index (χ1) is 13.5. The Hall–Kier alpha value is -2.60. The molecule has 0 aliphatic carbocycles. The van der Waals surface area contributed by atoms with E-state index in [1.54, 1.807) is 13.0 Å². The monoisotopic (exact) mass is 386 g/mol. The molecular formula is C22H31FN4O. The maximum Gasteiger partial charge on any atom is 0.191 e. The van der Waals surface area contributed by atoms with Crippen LogP contribution in [0.5, 0.6) is 5.75 Å². The molecule has 0 aromatic heterocycles. The molecule has 0 bridgehead atoms. The van der Waals surface area contributed by atoms with E-state index in [1.165, 1.54) is 6.07 Å². The first-order valence-electron chi connectivity index (χ1n) is 9.62. The van der Waals surface area contributed by atoms with Crippen LogP contribution >= 0.6 is 0 Å². The molecule has 2 rings (SSSR count). The molecule has 2 aromatic carbocycles. The van der Waals surface area contributed by atoms with Crippen LogP contribution in [0, 0.1) is 12.7 Å². The average Bonchev–Trinajstić information content (AvgIpc) is 2.67. The van der Waals surface area contributed by atoms with Crippen LogP contribution in [0.15, 0.2) is 47.5 Å². The summed E-state index contributed by atoms with van der Waals surface area (Å²) < 4.78 is 19.3. The lowest BCUT2D eigenvalue weighted by Crippen LogP contribution is -2.36. The van der Waals surface area contributed by atoms with Crippen LogP contribution in [0.1, 0.15) is 23.6 Å². The maximum atomic E-state index is 13.4. The molecule has 5 nitrogen and oxygen atoms in total. The van der Waals surface area contributed by atoms with E-state index in [0.29, 0.717) is 31.2 Å². The minimum Gasteiger partial charge on any atom is -0.492 e. The first-order valence-corrected chi connectivity index (χ1v) is 9.62. The summed E-state index contributed by atoms with van der Waals surface area (Å²) in [6, 6.07) is 13.1. The Bertz CT molecular complexity index is 777. The van der Waals surface area contributed by atoms with Gasteiger partial charge in [-0.3, -0.25) is 0 Å². The van der Waals surface area contributed by atoms with Gasteiger partial charge in [0.1, 0.15) is 18.2 Å². The highest BCUT2D eigenvalue weighted by molar-refractivity contribution is 5.79. The Kier molecular flexibility index (Phi) is 8.75. The predicted octanol–water partition coefficient (Wildman–Crippen LogP) is 3.33. The van der Waals surface area contributed by atoms with Crippen LogP contribution in [-0.2, 0) is 13.1 Å². The van der Waals surface area contributed by atoms with E-state index >= 15 is 0 Å². The highest BCUT2D eigenvalue weighted by Crippen LogP contribution is 2.17. The number of likely N-dealkylation sites (N-methyl/N-ethyl adjacent to an activating group) is 1. The van der Waals surface area contributed by atoms with E-state index in [2.05, 4.69) is 20.5 Å². The average molecular weight is 387 g/mol. The number of halogens is 1. The topological polar surface area (TPSA) is 48.9 Å². The number of para-hydroxylation sites is 1. The number of rotatable bonds is 9. The third kappa shape index (κ3) is 7.19. The minimum atomic E-state index is -0.191. The fourth-order valence-corrected chi connectivity index (χ4v) is 2.63. The molecule has 0 aliphatic heterocycles. The van der Waals surface area contributed by atoms with Gasteiger partial charge in [0.15, 0.2) is 5.96 Å². The van der Waals surface area contributed by atoms with Crippen molar-refractivity contribution in [3.05, 3.63) is 65.0 Å². The number of benzene rings is 2. The molecule has 0 fully saturated rings. The molecule has 0 radical (unpaired) electrons. The number of aryl methyl sites for hydroxylation is 1. The van der Waals surface area contributed by atoms with Gasteiger partial charge in [0.25, 0.3) is 0 Å². The van der Waals surface area contributed by atoms with Crippen molar-refractivity contribution in [3.8, 4) is 5.75 Å². The molecule has 0 spiro atoms. The van der Waals surface area contributed by atoms with E-state index in [9.17, 15) is 4.39 Å². The molecule has 6 heteroatoms. The quantitative estimate of drug-likeness (QED) is 0.513. The number of hydrogen-bond donors (Lipinski definition) is 2. The van der Waals surface area contributed by atoms with Crippen LogP contribution < -0.4 is 15.4 Å². The number of nitrogens with one attached hydrogen (secondary N) is 2. The highest BCUT2D eigenvalue weighted by Gasteiger charge is 2.05. The number of nitrogens with zero attached hydrogens (tertiary/aromatic N) is 2. The fraction of sp³-hybridized carbons (Fsp3) is 0.409. The van der Waals surface area contributed by atoms with E-state index in [1.807, 2.05) is 51.4 Å². The van der Waals surface area contributed by atoms with Crippen molar-refractivity contribution >= 4 is 5.96 Å². The van der Waals surface area contributed by atoms with Gasteiger partial charge in [-0.05, 0) is 51.2 Å². The molecule has 0 unspecified atom stereocenters. The Morgan fingerprint density at radius 3 is 2.64 bits per heavy atom. The second kappa shape index (κ2) is 11.3. The lowest BCUT2D eigenvalue weighted by Gasteiger charge is -2.16. The van der Waals surface area contributed by atoms with Gasteiger partial charge in [-0.2, -0.15) is 0 Å². The van der Waals surface area contributed by atoms with Crippen LogP contribution in [-0.4, -0.2) is 44.7 Å². The Labute approximate surface area is 167 Å². The zero-order valence-electron chi connectivity index (χ0n) is 17.3. The summed E-state index contributed by atoms with van der Waals surface area (Å²) in [6.07, 6.45) is 0. The van der Waals surface area contributed by atoms with Gasteiger partial charge in [0.2, 0.25) is 0 Å². The van der Waals surface area contributed by atoms with Crippen LogP contribution in [0.2, 0.25) is 0 Å². The molecule has 152 valence electrons. The molecule has 0 atom stereocenters. The van der Waals surface area contributed by atoms with Crippen molar-refractivity contribution in [2.45, 2.75) is 26.9 Å². The van der Waals surface area contributed by atoms with Crippen LogP contribution in [0.25, 0.3) is 0 Å². The molecule has 2 aromatic rings. The van der Waals surface area contributed by atoms with E-state index in [0.717, 1.165) is 30.0 Å². The van der Waals surface area contributed by atoms with Gasteiger partial charge in [-0.1, -0.05) is 30.3 Å². The fourth-order valence-electron chi connectivity index (χ4n) is 2.63. The molecule has 0 aliphatic rings. The summed E-state index contributed by atoms with van der Waals surface area (Å²) in [5.74, 6) is 1.40. The van der Waals surface area contributed by atoms with E-state index in [4.69, 9.17) is 4.74 Å². The zero-order chi connectivity index (χ0) is 20.4. The molecule has 2 N–H and O–H groups in total. The highest BCUT2D eigenvalue weighted by atomic mass is 19.1. The third-order valence-corrected chi connectivity index (χ3v) is 4.20. The Morgan fingerprint density at radius 1 is 1.14 bits per heavy atom. The van der Waals surface area contributed by atoms with Gasteiger partial charge < -0.3 is 20.3 Å². The van der Waals surface area contributed by atoms with Gasteiger partial charge in [-0.15, -0.1) is 0 Å². The largest absolute Gasteiger partial charge is 0.492 e. The number of guanidine groups is 1. The van der Waals surface area contributed by atoms with Crippen molar-refractivity contribution in [2.75, 3.05) is 33.8 Å². The molecule has 0 saturated carbocycles. The molecule has 28 heavy (non-hydrogen) atoms. The zero-order valence-corrected chi connectivity index (χ0v) is 17.3. The smallest absolute Gasteiger partial charge is 0.191 e. The van der Waals surface area contributed by atoms with Crippen molar-refractivity contribution < 1.29 is 9.13 Å². The molecule has 0 saturated heterocycles. The molecule has 0 amide bonds. The summed E-state index contributed by atoms with van der Waals surface area (Å²) in [5, 5.41) is 6.59. The lowest BCUT2D eigenvalue weighted by atomic mass is 10.1. The summed E-state index contributed by atoms with van der Waals surface area (Å²) in [5.41, 5.74) is 2.68. The van der Waals surface area contributed by atoms with Crippen molar-refractivity contribution in [2.24, 2.45) is 4.99 Å². The number of aliphatic imine (C=N–C) groups is 1. The third-order valence-electron chi connectivity index (χ3n) is 4.20. The van der Waals surface area contributed by atoms with Gasteiger partial charge >= 0.3 is 0 Å². The predicted molar refractivity (Wildman–Crippen MR) is 113 cm³/mol. The lowest BCUT2D eigenvalue weighted by molar-refractivity contribution is 0.259. The van der Waals surface area contributed by atoms with Crippen molar-refractivity contribution in [1.82, 2.24) is 15.5 Å². The van der Waals surface area contributed by atoms with Crippen LogP contribution in [0.3, 0.4) is 0 Å². The molecular weight excluding hydrogens is 355 g/mol. The minimum absolute atomic E-state index is 0.191. The van der Waals surface area contributed by atoms with Crippen LogP contribution in [0.4, 0.5) is 4.39 Å². The second-order valence-corrected chi connectivity index (χ2v) is 6.89. The standard InChI is InChI=1S/C22H31FN4O/c1-5-24-22(25-15-18-10-11-20(23)17(2)14-18)26-16-19-8-6-7-9-21(19)28-13-12-27(3)4/h6-11,14H,5,12-13,15-16H2,1-4H3,(H2,24,25,26). The summed E-state index contributed by atoms with van der Waals surface area (Å²) in [7, 11) is 4.05. The van der Waals surface area contributed by atoms with E-state index < -0.39 is 0 Å². The summed E-state index contributed by atoms with van der Waals surface area (Å²) in [4.78, 5) is 6.70. The molecule has 0 heterocycles. The number of ether oxygens (including phenoxy) is 1. The second-order valence-electron chi connectivity index (χ2n) is 6.89. The Morgan fingerprint density at radius 2 is 1.93 bits per heavy atom. The van der Waals surface area contributed by atoms with Crippen molar-refractivity contribution in [3.63, 3.8) is 0 Å². The van der Waals surface area contributed by atoms with E-state index in [-0.39, 0.29) is 5.82 Å². The SMILES string of the molecule is CCNC(=NCc1ccc(F)c(C)c1)NCc1ccccc1OCCN(C)C. The Balaban J connectivity index is 1.99. The van der Waals surface area contributed by atoms with Crippen molar-refractivity contribution in [1.29, 1.82) is 0 Å².